The van der Waals surface area contributed by atoms with Crippen LogP contribution in [0.3, 0.4) is 0 Å². The highest BCUT2D eigenvalue weighted by Gasteiger charge is 2.20. The van der Waals surface area contributed by atoms with Gasteiger partial charge < -0.3 is 15.2 Å². The largest absolute Gasteiger partial charge is 0.491 e. The molecule has 5 nitrogen and oxygen atoms in total. The lowest BCUT2D eigenvalue weighted by molar-refractivity contribution is 0.0470. The van der Waals surface area contributed by atoms with E-state index >= 15 is 0 Å². The Morgan fingerprint density at radius 2 is 1.59 bits per heavy atom. The van der Waals surface area contributed by atoms with Gasteiger partial charge in [0.05, 0.1) is 0 Å². The smallest absolute Gasteiger partial charge is 0.342 e. The van der Waals surface area contributed by atoms with Crippen LogP contribution in [0.1, 0.15) is 27.2 Å². The van der Waals surface area contributed by atoms with E-state index < -0.39 is 5.97 Å². The predicted molar refractivity (Wildman–Crippen MR) is 140 cm³/mol. The van der Waals surface area contributed by atoms with Crippen LogP contribution in [-0.4, -0.2) is 23.6 Å². The van der Waals surface area contributed by atoms with Crippen molar-refractivity contribution >= 4 is 41.6 Å². The van der Waals surface area contributed by atoms with Crippen LogP contribution in [0, 0.1) is 6.92 Å². The number of carbonyl (C=O) groups is 1. The summed E-state index contributed by atoms with van der Waals surface area (Å²) in [6.45, 7) is 2.36. The van der Waals surface area contributed by atoms with Gasteiger partial charge in [-0.15, -0.1) is 24.8 Å². The standard InChI is InChI=1S/C27H26N2O3.2ClH/c1-19-14-24-22(16-29-19)12-13-25(31-18-23(28)15-20-8-4-2-5-9-20)26(24)27(30)32-17-21-10-6-3-7-11-21;;/h2-14,16,23H,15,17-18,28H2,1H3;2*1H. The van der Waals surface area contributed by atoms with Crippen molar-refractivity contribution in [2.75, 3.05) is 6.61 Å². The molecule has 7 heteroatoms. The van der Waals surface area contributed by atoms with E-state index in [1.54, 1.807) is 12.3 Å². The summed E-state index contributed by atoms with van der Waals surface area (Å²) in [6.07, 6.45) is 2.44. The van der Waals surface area contributed by atoms with Gasteiger partial charge in [0, 0.05) is 28.7 Å². The minimum atomic E-state index is -0.434. The summed E-state index contributed by atoms with van der Waals surface area (Å²) in [5.74, 6) is 0.0290. The molecule has 0 aliphatic carbocycles. The maximum absolute atomic E-state index is 13.1. The van der Waals surface area contributed by atoms with Gasteiger partial charge in [0.2, 0.25) is 0 Å². The Bertz CT molecular complexity index is 1200. The van der Waals surface area contributed by atoms with E-state index in [0.29, 0.717) is 17.7 Å². The van der Waals surface area contributed by atoms with Crippen molar-refractivity contribution in [3.05, 3.63) is 107 Å². The van der Waals surface area contributed by atoms with Crippen molar-refractivity contribution in [3.8, 4) is 5.75 Å². The number of hydrogen-bond donors (Lipinski definition) is 1. The van der Waals surface area contributed by atoms with Crippen molar-refractivity contribution in [3.63, 3.8) is 0 Å². The fraction of sp³-hybridized carbons (Fsp3) is 0.185. The second-order valence-electron chi connectivity index (χ2n) is 7.81. The highest BCUT2D eigenvalue weighted by molar-refractivity contribution is 6.07. The van der Waals surface area contributed by atoms with Crippen LogP contribution < -0.4 is 10.5 Å². The molecule has 1 heterocycles. The summed E-state index contributed by atoms with van der Waals surface area (Å²) in [7, 11) is 0. The normalized spacial score (nSPS) is 11.1. The van der Waals surface area contributed by atoms with Crippen molar-refractivity contribution in [2.45, 2.75) is 26.0 Å². The molecule has 178 valence electrons. The average Bonchev–Trinajstić information content (AvgIpc) is 2.82. The van der Waals surface area contributed by atoms with Gasteiger partial charge in [0.15, 0.2) is 0 Å². The molecule has 4 aromatic rings. The van der Waals surface area contributed by atoms with Crippen LogP contribution in [0.2, 0.25) is 0 Å². The average molecular weight is 499 g/mol. The van der Waals surface area contributed by atoms with E-state index in [-0.39, 0.29) is 44.1 Å². The minimum absolute atomic E-state index is 0. The second-order valence-corrected chi connectivity index (χ2v) is 7.81. The molecule has 0 spiro atoms. The first-order chi connectivity index (χ1) is 15.6. The van der Waals surface area contributed by atoms with E-state index in [2.05, 4.69) is 4.98 Å². The molecular weight excluding hydrogens is 471 g/mol. The number of esters is 1. The third kappa shape index (κ3) is 6.94. The molecule has 0 saturated heterocycles. The summed E-state index contributed by atoms with van der Waals surface area (Å²) < 4.78 is 11.7. The van der Waals surface area contributed by atoms with E-state index in [1.807, 2.05) is 79.7 Å². The molecule has 2 N–H and O–H groups in total. The Morgan fingerprint density at radius 3 is 2.26 bits per heavy atom. The molecule has 3 aromatic carbocycles. The molecule has 1 unspecified atom stereocenters. The van der Waals surface area contributed by atoms with Gasteiger partial charge in [-0.1, -0.05) is 60.7 Å². The molecule has 34 heavy (non-hydrogen) atoms. The number of nitrogens with two attached hydrogens (primary N) is 1. The maximum Gasteiger partial charge on any atom is 0.342 e. The monoisotopic (exact) mass is 498 g/mol. The Labute approximate surface area is 212 Å². The SMILES string of the molecule is Cc1cc2c(C(=O)OCc3ccccc3)c(OCC(N)Cc3ccccc3)ccc2cn1.Cl.Cl. The molecule has 0 fully saturated rings. The molecule has 0 aliphatic heterocycles. The summed E-state index contributed by atoms with van der Waals surface area (Å²) >= 11 is 0. The fourth-order valence-corrected chi connectivity index (χ4v) is 3.60. The zero-order chi connectivity index (χ0) is 22.3. The molecule has 0 aliphatic rings. The van der Waals surface area contributed by atoms with Gasteiger partial charge in [-0.2, -0.15) is 0 Å². The molecular formula is C27H28Cl2N2O3. The molecule has 0 amide bonds. The van der Waals surface area contributed by atoms with Gasteiger partial charge in [-0.25, -0.2) is 4.79 Å². The fourth-order valence-electron chi connectivity index (χ4n) is 3.60. The number of benzene rings is 3. The number of ether oxygens (including phenoxy) is 2. The van der Waals surface area contributed by atoms with Gasteiger partial charge >= 0.3 is 5.97 Å². The number of rotatable bonds is 8. The second kappa shape index (κ2) is 12.9. The summed E-state index contributed by atoms with van der Waals surface area (Å²) in [6, 6.07) is 25.0. The molecule has 0 saturated carbocycles. The van der Waals surface area contributed by atoms with Crippen LogP contribution in [0.5, 0.6) is 5.75 Å². The summed E-state index contributed by atoms with van der Waals surface area (Å²) in [5, 5.41) is 1.60. The zero-order valence-electron chi connectivity index (χ0n) is 18.8. The van der Waals surface area contributed by atoms with E-state index in [4.69, 9.17) is 15.2 Å². The maximum atomic E-state index is 13.1. The van der Waals surface area contributed by atoms with Crippen LogP contribution in [0.4, 0.5) is 0 Å². The topological polar surface area (TPSA) is 74.4 Å². The summed E-state index contributed by atoms with van der Waals surface area (Å²) in [4.78, 5) is 17.5. The van der Waals surface area contributed by atoms with Gasteiger partial charge in [-0.05, 0) is 42.7 Å². The number of fused-ring (bicyclic) bond motifs is 1. The number of aryl methyl sites for hydroxylation is 1. The first-order valence-electron chi connectivity index (χ1n) is 10.6. The van der Waals surface area contributed by atoms with Gasteiger partial charge in [-0.3, -0.25) is 4.98 Å². The Hall–Kier alpha value is -3.12. The molecule has 1 atom stereocenters. The first-order valence-corrected chi connectivity index (χ1v) is 10.6. The van der Waals surface area contributed by atoms with Crippen molar-refractivity contribution < 1.29 is 14.3 Å². The Balaban J connectivity index is 0.00000204. The first kappa shape index (κ1) is 27.1. The van der Waals surface area contributed by atoms with Crippen LogP contribution >= 0.6 is 24.8 Å². The van der Waals surface area contributed by atoms with Crippen molar-refractivity contribution in [1.82, 2.24) is 4.98 Å². The number of pyridine rings is 1. The Kier molecular flexibility index (Phi) is 10.3. The van der Waals surface area contributed by atoms with Gasteiger partial charge in [0.1, 0.15) is 24.5 Å². The quantitative estimate of drug-likeness (QED) is 0.315. The number of carbonyl (C=O) groups excluding carboxylic acids is 1. The lowest BCUT2D eigenvalue weighted by Crippen LogP contribution is -2.30. The van der Waals surface area contributed by atoms with E-state index in [0.717, 1.165) is 27.6 Å². The number of nitrogens with zero attached hydrogens (tertiary/aromatic N) is 1. The minimum Gasteiger partial charge on any atom is -0.491 e. The highest BCUT2D eigenvalue weighted by Crippen LogP contribution is 2.29. The molecule has 0 bridgehead atoms. The summed E-state index contributed by atoms with van der Waals surface area (Å²) in [5.41, 5.74) is 9.58. The number of aromatic nitrogens is 1. The lowest BCUT2D eigenvalue weighted by atomic mass is 10.0. The van der Waals surface area contributed by atoms with Crippen LogP contribution in [-0.2, 0) is 17.8 Å². The Morgan fingerprint density at radius 1 is 0.941 bits per heavy atom. The molecule has 1 aromatic heterocycles. The predicted octanol–water partition coefficient (Wildman–Crippen LogP) is 5.69. The van der Waals surface area contributed by atoms with Crippen LogP contribution in [0.15, 0.2) is 85.1 Å². The highest BCUT2D eigenvalue weighted by atomic mass is 35.5. The zero-order valence-corrected chi connectivity index (χ0v) is 20.5. The van der Waals surface area contributed by atoms with E-state index in [1.165, 1.54) is 0 Å². The molecule has 0 radical (unpaired) electrons. The number of hydrogen-bond acceptors (Lipinski definition) is 5. The van der Waals surface area contributed by atoms with Crippen LogP contribution in [0.25, 0.3) is 10.8 Å². The number of halogens is 2. The van der Waals surface area contributed by atoms with Crippen molar-refractivity contribution in [2.24, 2.45) is 5.73 Å². The van der Waals surface area contributed by atoms with Gasteiger partial charge in [0.25, 0.3) is 0 Å². The van der Waals surface area contributed by atoms with Crippen molar-refractivity contribution in [1.29, 1.82) is 0 Å². The van der Waals surface area contributed by atoms with E-state index in [9.17, 15) is 4.79 Å². The third-order valence-corrected chi connectivity index (χ3v) is 5.21. The molecule has 4 rings (SSSR count). The third-order valence-electron chi connectivity index (χ3n) is 5.21. The lowest BCUT2D eigenvalue weighted by Gasteiger charge is -2.17.